The first-order chi connectivity index (χ1) is 11.8. The molecule has 0 unspecified atom stereocenters. The second kappa shape index (κ2) is 5.67. The number of thiophene rings is 1. The standard InChI is InChI=1S/C17H20N4O2S/c22-17(16-13-4-2-1-3-11(13)10-24-16)20-6-5-14-15(8-20)23-9-12-7-18-19-21(12)14/h7,10,14-15H,1-6,8-9H2/t14-,15-/m0/s1. The summed E-state index contributed by atoms with van der Waals surface area (Å²) in [5.74, 6) is 0.189. The zero-order valence-corrected chi connectivity index (χ0v) is 14.3. The van der Waals surface area contributed by atoms with Crippen molar-refractivity contribution in [3.8, 4) is 0 Å². The summed E-state index contributed by atoms with van der Waals surface area (Å²) in [7, 11) is 0. The van der Waals surface area contributed by atoms with E-state index < -0.39 is 0 Å². The summed E-state index contributed by atoms with van der Waals surface area (Å²) in [6.45, 7) is 1.94. The Morgan fingerprint density at radius 2 is 2.25 bits per heavy atom. The lowest BCUT2D eigenvalue weighted by molar-refractivity contribution is -0.0627. The van der Waals surface area contributed by atoms with Gasteiger partial charge in [-0.3, -0.25) is 4.79 Å². The number of hydrogen-bond donors (Lipinski definition) is 0. The number of aromatic nitrogens is 3. The van der Waals surface area contributed by atoms with Crippen molar-refractivity contribution >= 4 is 17.2 Å². The molecule has 2 aliphatic heterocycles. The maximum absolute atomic E-state index is 13.0. The first kappa shape index (κ1) is 14.6. The van der Waals surface area contributed by atoms with Gasteiger partial charge in [-0.15, -0.1) is 16.4 Å². The monoisotopic (exact) mass is 344 g/mol. The number of amides is 1. The van der Waals surface area contributed by atoms with Gasteiger partial charge in [0, 0.05) is 13.1 Å². The fourth-order valence-corrected chi connectivity index (χ4v) is 5.34. The van der Waals surface area contributed by atoms with E-state index >= 15 is 0 Å². The van der Waals surface area contributed by atoms with Crippen LogP contribution in [0.25, 0.3) is 0 Å². The minimum Gasteiger partial charge on any atom is -0.368 e. The molecule has 1 saturated heterocycles. The molecule has 24 heavy (non-hydrogen) atoms. The Morgan fingerprint density at radius 1 is 1.33 bits per heavy atom. The fraction of sp³-hybridized carbons (Fsp3) is 0.588. The number of rotatable bonds is 1. The lowest BCUT2D eigenvalue weighted by Gasteiger charge is -2.40. The third-order valence-electron chi connectivity index (χ3n) is 5.52. The highest BCUT2D eigenvalue weighted by Gasteiger charge is 2.38. The second-order valence-corrected chi connectivity index (χ2v) is 7.78. The maximum Gasteiger partial charge on any atom is 0.264 e. The minimum absolute atomic E-state index is 0.0210. The van der Waals surface area contributed by atoms with Gasteiger partial charge in [-0.25, -0.2) is 4.68 Å². The summed E-state index contributed by atoms with van der Waals surface area (Å²) in [6.07, 6.45) is 7.30. The van der Waals surface area contributed by atoms with E-state index in [2.05, 4.69) is 15.7 Å². The topological polar surface area (TPSA) is 60.3 Å². The summed E-state index contributed by atoms with van der Waals surface area (Å²) < 4.78 is 7.97. The Kier molecular flexibility index (Phi) is 3.45. The van der Waals surface area contributed by atoms with Crippen LogP contribution in [0.1, 0.15) is 51.8 Å². The molecule has 1 fully saturated rings. The number of nitrogens with zero attached hydrogens (tertiary/aromatic N) is 4. The first-order valence-corrected chi connectivity index (χ1v) is 9.58. The highest BCUT2D eigenvalue weighted by molar-refractivity contribution is 7.12. The fourth-order valence-electron chi connectivity index (χ4n) is 4.21. The SMILES string of the molecule is O=C(c1scc2c1CCCC2)N1CC[C@H]2[C@H](C1)OCc1cnnn12. The maximum atomic E-state index is 13.0. The molecule has 4 heterocycles. The van der Waals surface area contributed by atoms with Crippen LogP contribution in [0, 0.1) is 0 Å². The normalized spacial score (nSPS) is 25.8. The molecule has 0 N–H and O–H groups in total. The molecule has 0 aromatic carbocycles. The van der Waals surface area contributed by atoms with Crippen molar-refractivity contribution < 1.29 is 9.53 Å². The van der Waals surface area contributed by atoms with Crippen LogP contribution in [0.3, 0.4) is 0 Å². The van der Waals surface area contributed by atoms with Crippen molar-refractivity contribution in [3.63, 3.8) is 0 Å². The first-order valence-electron chi connectivity index (χ1n) is 8.70. The van der Waals surface area contributed by atoms with Crippen LogP contribution in [0.2, 0.25) is 0 Å². The molecule has 1 amide bonds. The van der Waals surface area contributed by atoms with Crippen LogP contribution in [0.4, 0.5) is 0 Å². The average molecular weight is 344 g/mol. The number of hydrogen-bond acceptors (Lipinski definition) is 5. The Balaban J connectivity index is 1.36. The molecule has 0 saturated carbocycles. The molecule has 2 aromatic rings. The van der Waals surface area contributed by atoms with Crippen molar-refractivity contribution in [3.05, 3.63) is 33.3 Å². The van der Waals surface area contributed by atoms with E-state index in [4.69, 9.17) is 4.74 Å². The second-order valence-electron chi connectivity index (χ2n) is 6.90. The van der Waals surface area contributed by atoms with Crippen molar-refractivity contribution in [2.75, 3.05) is 13.1 Å². The third-order valence-corrected chi connectivity index (χ3v) is 6.58. The Labute approximate surface area is 144 Å². The van der Waals surface area contributed by atoms with Gasteiger partial charge in [-0.2, -0.15) is 0 Å². The highest BCUT2D eigenvalue weighted by Crippen LogP contribution is 2.34. The molecule has 0 radical (unpaired) electrons. The molecule has 2 aromatic heterocycles. The molecule has 6 nitrogen and oxygen atoms in total. The summed E-state index contributed by atoms with van der Waals surface area (Å²) >= 11 is 1.63. The molecule has 1 aliphatic carbocycles. The van der Waals surface area contributed by atoms with Crippen LogP contribution in [-0.2, 0) is 24.2 Å². The molecule has 0 spiro atoms. The molecule has 3 aliphatic rings. The van der Waals surface area contributed by atoms with Crippen LogP contribution in [0.15, 0.2) is 11.6 Å². The van der Waals surface area contributed by atoms with Gasteiger partial charge in [0.15, 0.2) is 0 Å². The van der Waals surface area contributed by atoms with Gasteiger partial charge in [-0.05, 0) is 48.6 Å². The predicted octanol–water partition coefficient (Wildman–Crippen LogP) is 2.20. The van der Waals surface area contributed by atoms with Crippen LogP contribution in [0.5, 0.6) is 0 Å². The predicted molar refractivity (Wildman–Crippen MR) is 89.1 cm³/mol. The summed E-state index contributed by atoms with van der Waals surface area (Å²) in [5, 5.41) is 10.4. The Hall–Kier alpha value is -1.73. The van der Waals surface area contributed by atoms with Crippen molar-refractivity contribution in [2.24, 2.45) is 0 Å². The number of carbonyl (C=O) groups excluding carboxylic acids is 1. The summed E-state index contributed by atoms with van der Waals surface area (Å²) in [6, 6.07) is 0.206. The summed E-state index contributed by atoms with van der Waals surface area (Å²) in [5.41, 5.74) is 3.73. The van der Waals surface area contributed by atoms with E-state index in [1.165, 1.54) is 24.0 Å². The number of carbonyl (C=O) groups is 1. The van der Waals surface area contributed by atoms with Gasteiger partial charge in [0.05, 0.1) is 35.5 Å². The minimum atomic E-state index is 0.0210. The third kappa shape index (κ3) is 2.22. The van der Waals surface area contributed by atoms with E-state index in [0.29, 0.717) is 13.2 Å². The van der Waals surface area contributed by atoms with Crippen LogP contribution in [-0.4, -0.2) is 45.0 Å². The molecular weight excluding hydrogens is 324 g/mol. The number of aryl methyl sites for hydroxylation is 1. The zero-order chi connectivity index (χ0) is 16.1. The largest absolute Gasteiger partial charge is 0.368 e. The van der Waals surface area contributed by atoms with E-state index in [-0.39, 0.29) is 18.1 Å². The number of ether oxygens (including phenoxy) is 1. The molecular formula is C17H20N4O2S. The smallest absolute Gasteiger partial charge is 0.264 e. The van der Waals surface area contributed by atoms with Crippen LogP contribution >= 0.6 is 11.3 Å². The van der Waals surface area contributed by atoms with Crippen LogP contribution < -0.4 is 0 Å². The van der Waals surface area contributed by atoms with E-state index in [1.54, 1.807) is 17.5 Å². The average Bonchev–Trinajstić information content (AvgIpc) is 3.27. The van der Waals surface area contributed by atoms with Gasteiger partial charge >= 0.3 is 0 Å². The lowest BCUT2D eigenvalue weighted by Crippen LogP contribution is -2.50. The van der Waals surface area contributed by atoms with Gasteiger partial charge in [0.1, 0.15) is 0 Å². The highest BCUT2D eigenvalue weighted by atomic mass is 32.1. The molecule has 5 rings (SSSR count). The lowest BCUT2D eigenvalue weighted by atomic mass is 9.93. The van der Waals surface area contributed by atoms with Gasteiger partial charge in [0.2, 0.25) is 0 Å². The number of likely N-dealkylation sites (tertiary alicyclic amines) is 1. The molecule has 7 heteroatoms. The van der Waals surface area contributed by atoms with E-state index in [9.17, 15) is 4.79 Å². The molecule has 2 atom stereocenters. The van der Waals surface area contributed by atoms with Crippen molar-refractivity contribution in [2.45, 2.75) is 50.9 Å². The quantitative estimate of drug-likeness (QED) is 0.796. The Morgan fingerprint density at radius 3 is 3.21 bits per heavy atom. The van der Waals surface area contributed by atoms with Crippen molar-refractivity contribution in [1.82, 2.24) is 19.9 Å². The van der Waals surface area contributed by atoms with E-state index in [1.807, 2.05) is 9.58 Å². The number of fused-ring (bicyclic) bond motifs is 4. The molecule has 0 bridgehead atoms. The van der Waals surface area contributed by atoms with Gasteiger partial charge < -0.3 is 9.64 Å². The van der Waals surface area contributed by atoms with Gasteiger partial charge in [0.25, 0.3) is 5.91 Å². The number of piperidine rings is 1. The molecule has 126 valence electrons. The summed E-state index contributed by atoms with van der Waals surface area (Å²) in [4.78, 5) is 16.0. The van der Waals surface area contributed by atoms with Gasteiger partial charge in [-0.1, -0.05) is 5.21 Å². The Bertz CT molecular complexity index is 783. The zero-order valence-electron chi connectivity index (χ0n) is 13.5. The van der Waals surface area contributed by atoms with Crippen molar-refractivity contribution in [1.29, 1.82) is 0 Å². The van der Waals surface area contributed by atoms with E-state index in [0.717, 1.165) is 36.4 Å².